The van der Waals surface area contributed by atoms with Gasteiger partial charge in [-0.15, -0.1) is 0 Å². The molecule has 0 aromatic heterocycles. The van der Waals surface area contributed by atoms with Gasteiger partial charge in [-0.25, -0.2) is 8.42 Å². The highest BCUT2D eigenvalue weighted by Crippen LogP contribution is 2.26. The van der Waals surface area contributed by atoms with Gasteiger partial charge in [0.2, 0.25) is 15.9 Å². The Labute approximate surface area is 212 Å². The van der Waals surface area contributed by atoms with E-state index < -0.39 is 15.9 Å². The second-order valence-electron chi connectivity index (χ2n) is 9.04. The number of carbonyl (C=O) groups is 2. The van der Waals surface area contributed by atoms with Gasteiger partial charge in [0, 0.05) is 19.6 Å². The van der Waals surface area contributed by atoms with E-state index in [1.165, 1.54) is 4.31 Å². The average molecular weight is 506 g/mol. The van der Waals surface area contributed by atoms with Gasteiger partial charge >= 0.3 is 0 Å². The maximum atomic E-state index is 13.1. The molecular weight excluding hydrogens is 474 g/mol. The van der Waals surface area contributed by atoms with Gasteiger partial charge in [-0.05, 0) is 56.0 Å². The normalized spacial score (nSPS) is 16.3. The molecule has 1 saturated heterocycles. The zero-order chi connectivity index (χ0) is 25.5. The van der Waals surface area contributed by atoms with Crippen molar-refractivity contribution in [3.63, 3.8) is 0 Å². The van der Waals surface area contributed by atoms with Crippen LogP contribution in [-0.2, 0) is 21.2 Å². The predicted octanol–water partition coefficient (Wildman–Crippen LogP) is 4.01. The molecule has 8 heteroatoms. The molecule has 188 valence electrons. The van der Waals surface area contributed by atoms with Crippen molar-refractivity contribution in [2.75, 3.05) is 25.0 Å². The minimum atomic E-state index is -3.68. The number of amides is 2. The van der Waals surface area contributed by atoms with Crippen LogP contribution in [0.4, 0.5) is 5.69 Å². The van der Waals surface area contributed by atoms with E-state index in [2.05, 4.69) is 10.6 Å². The summed E-state index contributed by atoms with van der Waals surface area (Å²) in [5.74, 6) is -1.06. The zero-order valence-corrected chi connectivity index (χ0v) is 21.1. The first-order chi connectivity index (χ1) is 17.3. The van der Waals surface area contributed by atoms with Crippen molar-refractivity contribution in [3.8, 4) is 0 Å². The molecule has 2 N–H and O–H groups in total. The van der Waals surface area contributed by atoms with Crippen molar-refractivity contribution in [2.24, 2.45) is 5.92 Å². The minimum absolute atomic E-state index is 0.105. The Morgan fingerprint density at radius 1 is 0.944 bits per heavy atom. The lowest BCUT2D eigenvalue weighted by Gasteiger charge is -2.31. The van der Waals surface area contributed by atoms with Crippen LogP contribution in [0.3, 0.4) is 0 Å². The van der Waals surface area contributed by atoms with Gasteiger partial charge in [-0.2, -0.15) is 4.31 Å². The molecule has 0 radical (unpaired) electrons. The molecule has 1 aliphatic rings. The second-order valence-corrected chi connectivity index (χ2v) is 11.0. The molecule has 1 fully saturated rings. The third-order valence-corrected chi connectivity index (χ3v) is 8.26. The van der Waals surface area contributed by atoms with E-state index in [9.17, 15) is 18.0 Å². The zero-order valence-electron chi connectivity index (χ0n) is 20.3. The highest BCUT2D eigenvalue weighted by atomic mass is 32.2. The summed E-state index contributed by atoms with van der Waals surface area (Å²) in [5, 5.41) is 5.78. The van der Waals surface area contributed by atoms with Gasteiger partial charge in [-0.3, -0.25) is 9.59 Å². The summed E-state index contributed by atoms with van der Waals surface area (Å²) in [5.41, 5.74) is 2.89. The molecule has 36 heavy (non-hydrogen) atoms. The van der Waals surface area contributed by atoms with Crippen molar-refractivity contribution >= 4 is 27.5 Å². The molecule has 1 heterocycles. The number of rotatable bonds is 8. The number of para-hydroxylation sites is 1. The molecule has 3 aromatic carbocycles. The molecule has 0 bridgehead atoms. The first-order valence-corrected chi connectivity index (χ1v) is 13.6. The summed E-state index contributed by atoms with van der Waals surface area (Å²) >= 11 is 0. The average Bonchev–Trinajstić information content (AvgIpc) is 2.90. The van der Waals surface area contributed by atoms with Crippen molar-refractivity contribution < 1.29 is 18.0 Å². The Hall–Kier alpha value is -3.49. The lowest BCUT2D eigenvalue weighted by atomic mass is 9.98. The lowest BCUT2D eigenvalue weighted by Crippen LogP contribution is -2.43. The molecule has 4 rings (SSSR count). The Bertz CT molecular complexity index is 1310. The molecule has 0 aliphatic carbocycles. The molecule has 0 saturated carbocycles. The van der Waals surface area contributed by atoms with Crippen LogP contribution >= 0.6 is 0 Å². The SMILES string of the molecule is Cc1ccc(S(=O)(=O)N2CCC[C@H](C(=O)Nc3ccccc3C(=O)NCCc3ccccc3)C2)cc1. The van der Waals surface area contributed by atoms with Crippen LogP contribution in [0.5, 0.6) is 0 Å². The number of nitrogens with zero attached hydrogens (tertiary/aromatic N) is 1. The molecule has 0 unspecified atom stereocenters. The summed E-state index contributed by atoms with van der Waals surface area (Å²) in [6, 6.07) is 23.5. The van der Waals surface area contributed by atoms with E-state index >= 15 is 0 Å². The summed E-state index contributed by atoms with van der Waals surface area (Å²) in [7, 11) is -3.68. The number of benzene rings is 3. The number of hydrogen-bond donors (Lipinski definition) is 2. The molecular formula is C28H31N3O4S. The van der Waals surface area contributed by atoms with E-state index in [1.54, 1.807) is 48.5 Å². The topological polar surface area (TPSA) is 95.6 Å². The van der Waals surface area contributed by atoms with Gasteiger partial charge in [0.15, 0.2) is 0 Å². The number of anilines is 1. The Morgan fingerprint density at radius 2 is 1.64 bits per heavy atom. The monoisotopic (exact) mass is 505 g/mol. The van der Waals surface area contributed by atoms with Crippen LogP contribution in [0.25, 0.3) is 0 Å². The maximum absolute atomic E-state index is 13.1. The van der Waals surface area contributed by atoms with E-state index in [0.717, 1.165) is 11.1 Å². The third-order valence-electron chi connectivity index (χ3n) is 6.39. The fourth-order valence-corrected chi connectivity index (χ4v) is 5.84. The van der Waals surface area contributed by atoms with Gasteiger partial charge < -0.3 is 10.6 Å². The second kappa shape index (κ2) is 11.5. The summed E-state index contributed by atoms with van der Waals surface area (Å²) < 4.78 is 27.6. The standard InChI is InChI=1S/C28H31N3O4S/c1-21-13-15-24(16-14-21)36(34,35)31-19-7-10-23(20-31)27(32)30-26-12-6-5-11-25(26)28(33)29-18-17-22-8-3-2-4-9-22/h2-6,8-9,11-16,23H,7,10,17-20H2,1H3,(H,29,33)(H,30,32)/t23-/m0/s1. The summed E-state index contributed by atoms with van der Waals surface area (Å²) in [4.78, 5) is 26.2. The van der Waals surface area contributed by atoms with E-state index in [-0.39, 0.29) is 23.3 Å². The highest BCUT2D eigenvalue weighted by molar-refractivity contribution is 7.89. The van der Waals surface area contributed by atoms with Crippen LogP contribution in [0.1, 0.15) is 34.3 Å². The van der Waals surface area contributed by atoms with Crippen molar-refractivity contribution in [1.29, 1.82) is 0 Å². The molecule has 7 nitrogen and oxygen atoms in total. The van der Waals surface area contributed by atoms with E-state index in [0.29, 0.717) is 43.6 Å². The minimum Gasteiger partial charge on any atom is -0.352 e. The maximum Gasteiger partial charge on any atom is 0.253 e. The van der Waals surface area contributed by atoms with E-state index in [1.807, 2.05) is 37.3 Å². The first-order valence-electron chi connectivity index (χ1n) is 12.1. The molecule has 3 aromatic rings. The van der Waals surface area contributed by atoms with Crippen LogP contribution in [0.15, 0.2) is 83.8 Å². The Balaban J connectivity index is 1.39. The van der Waals surface area contributed by atoms with Crippen molar-refractivity contribution in [1.82, 2.24) is 9.62 Å². The summed E-state index contributed by atoms with van der Waals surface area (Å²) in [6.45, 7) is 2.85. The lowest BCUT2D eigenvalue weighted by molar-refractivity contribution is -0.120. The fourth-order valence-electron chi connectivity index (χ4n) is 4.32. The molecule has 1 atom stereocenters. The number of hydrogen-bond acceptors (Lipinski definition) is 4. The van der Waals surface area contributed by atoms with Crippen LogP contribution < -0.4 is 10.6 Å². The Kier molecular flexibility index (Phi) is 8.18. The summed E-state index contributed by atoms with van der Waals surface area (Å²) in [6.07, 6.45) is 1.87. The number of nitrogens with one attached hydrogen (secondary N) is 2. The smallest absolute Gasteiger partial charge is 0.253 e. The molecule has 2 amide bonds. The van der Waals surface area contributed by atoms with Gasteiger partial charge in [0.25, 0.3) is 5.91 Å². The van der Waals surface area contributed by atoms with Crippen LogP contribution in [0.2, 0.25) is 0 Å². The number of piperidine rings is 1. The fraction of sp³-hybridized carbons (Fsp3) is 0.286. The van der Waals surface area contributed by atoms with Gasteiger partial charge in [-0.1, -0.05) is 60.2 Å². The Morgan fingerprint density at radius 3 is 2.39 bits per heavy atom. The number of sulfonamides is 1. The van der Waals surface area contributed by atoms with Gasteiger partial charge in [0.05, 0.1) is 22.1 Å². The number of aryl methyl sites for hydroxylation is 1. The highest BCUT2D eigenvalue weighted by Gasteiger charge is 2.33. The molecule has 0 spiro atoms. The van der Waals surface area contributed by atoms with Crippen LogP contribution in [-0.4, -0.2) is 44.2 Å². The van der Waals surface area contributed by atoms with Crippen LogP contribution in [0, 0.1) is 12.8 Å². The first kappa shape index (κ1) is 25.6. The number of carbonyl (C=O) groups excluding carboxylic acids is 2. The van der Waals surface area contributed by atoms with Crippen molar-refractivity contribution in [3.05, 3.63) is 95.6 Å². The quantitative estimate of drug-likeness (QED) is 0.484. The largest absolute Gasteiger partial charge is 0.352 e. The van der Waals surface area contributed by atoms with Gasteiger partial charge in [0.1, 0.15) is 0 Å². The van der Waals surface area contributed by atoms with Crippen molar-refractivity contribution in [2.45, 2.75) is 31.1 Å². The third kappa shape index (κ3) is 6.19. The predicted molar refractivity (Wildman–Crippen MR) is 140 cm³/mol. The molecule has 1 aliphatic heterocycles. The van der Waals surface area contributed by atoms with E-state index in [4.69, 9.17) is 0 Å².